The van der Waals surface area contributed by atoms with Crippen molar-refractivity contribution in [2.24, 2.45) is 0 Å². The monoisotopic (exact) mass is 548 g/mol. The van der Waals surface area contributed by atoms with Crippen LogP contribution in [0.25, 0.3) is 0 Å². The fraction of sp³-hybridized carbons (Fsp3) is 0.690. The summed E-state index contributed by atoms with van der Waals surface area (Å²) in [4.78, 5) is 37.5. The minimum Gasteiger partial charge on any atom is -0.490 e. The third kappa shape index (κ3) is 10.6. The van der Waals surface area contributed by atoms with Gasteiger partial charge in [0.05, 0.1) is 24.4 Å². The van der Waals surface area contributed by atoms with Crippen LogP contribution in [0.2, 0.25) is 0 Å². The number of piperidine rings is 1. The Morgan fingerprint density at radius 1 is 0.949 bits per heavy atom. The predicted molar refractivity (Wildman–Crippen MR) is 145 cm³/mol. The summed E-state index contributed by atoms with van der Waals surface area (Å²) in [5, 5.41) is 11.9. The van der Waals surface area contributed by atoms with Gasteiger partial charge in [-0.2, -0.15) is 0 Å². The zero-order valence-corrected chi connectivity index (χ0v) is 23.8. The number of nitrogens with one attached hydrogen (secondary N) is 1. The highest BCUT2D eigenvalue weighted by molar-refractivity contribution is 5.80. The van der Waals surface area contributed by atoms with Gasteiger partial charge in [0.1, 0.15) is 17.4 Å². The molecule has 10 heteroatoms. The van der Waals surface area contributed by atoms with Crippen molar-refractivity contribution in [1.29, 1.82) is 0 Å². The second-order valence-electron chi connectivity index (χ2n) is 11.7. The number of carboxylic acid groups (broad SMARTS) is 1. The summed E-state index contributed by atoms with van der Waals surface area (Å²) >= 11 is 0. The molecule has 1 saturated carbocycles. The number of likely N-dealkylation sites (tertiary alicyclic amines) is 1. The molecule has 0 bridgehead atoms. The average molecular weight is 549 g/mol. The molecule has 1 aromatic carbocycles. The molecule has 0 radical (unpaired) electrons. The maximum Gasteiger partial charge on any atom is 0.410 e. The Balaban J connectivity index is 1.38. The van der Waals surface area contributed by atoms with E-state index in [-0.39, 0.29) is 36.9 Å². The van der Waals surface area contributed by atoms with Gasteiger partial charge in [-0.1, -0.05) is 12.1 Å². The van der Waals surface area contributed by atoms with E-state index in [1.54, 1.807) is 25.7 Å². The van der Waals surface area contributed by atoms with Gasteiger partial charge in [-0.3, -0.25) is 0 Å². The molecule has 0 unspecified atom stereocenters. The Bertz CT molecular complexity index is 943. The number of benzene rings is 1. The number of carbonyl (C=O) groups is 3. The fourth-order valence-electron chi connectivity index (χ4n) is 4.79. The lowest BCUT2D eigenvalue weighted by atomic mass is 9.94. The molecule has 2 amide bonds. The lowest BCUT2D eigenvalue weighted by Gasteiger charge is -2.36. The molecule has 2 N–H and O–H groups in total. The van der Waals surface area contributed by atoms with Crippen LogP contribution in [0.4, 0.5) is 9.59 Å². The molecule has 2 fully saturated rings. The fourth-order valence-corrected chi connectivity index (χ4v) is 4.79. The summed E-state index contributed by atoms with van der Waals surface area (Å²) in [5.74, 6) is -0.393. The standard InChI is InChI=1S/C29H44N2O8/c1-19(2)36-28(35)31-16-14-24(15-17-31)38-23-12-10-22(11-13-23)37-21-8-6-20(7-9-21)18-25(26(32)33)30-27(34)39-29(3,4)5/h6-9,19,22-25H,10-18H2,1-5H3,(H,30,34)(H,32,33)/t22?,23?,25-/m0/s1. The van der Waals surface area contributed by atoms with Crippen LogP contribution in [0.15, 0.2) is 24.3 Å². The number of carbonyl (C=O) groups excluding carboxylic acids is 2. The average Bonchev–Trinajstić information content (AvgIpc) is 2.85. The van der Waals surface area contributed by atoms with Gasteiger partial charge in [-0.05, 0) is 90.8 Å². The van der Waals surface area contributed by atoms with Gasteiger partial charge in [0, 0.05) is 19.5 Å². The molecule has 218 valence electrons. The first kappa shape index (κ1) is 30.5. The highest BCUT2D eigenvalue weighted by Crippen LogP contribution is 2.28. The van der Waals surface area contributed by atoms with Crippen LogP contribution in [0, 0.1) is 0 Å². The van der Waals surface area contributed by atoms with Crippen molar-refractivity contribution in [2.45, 2.75) is 116 Å². The normalized spacial score (nSPS) is 21.2. The van der Waals surface area contributed by atoms with Crippen LogP contribution in [0.1, 0.15) is 78.7 Å². The lowest BCUT2D eigenvalue weighted by molar-refractivity contribution is -0.139. The molecule has 39 heavy (non-hydrogen) atoms. The molecule has 3 rings (SSSR count). The van der Waals surface area contributed by atoms with E-state index in [1.165, 1.54) is 0 Å². The topological polar surface area (TPSA) is 124 Å². The van der Waals surface area contributed by atoms with E-state index in [4.69, 9.17) is 18.9 Å². The maximum atomic E-state index is 12.1. The molecule has 1 saturated heterocycles. The van der Waals surface area contributed by atoms with Crippen LogP contribution >= 0.6 is 0 Å². The third-order valence-electron chi connectivity index (χ3n) is 6.70. The van der Waals surface area contributed by atoms with Crippen LogP contribution in [-0.2, 0) is 25.4 Å². The van der Waals surface area contributed by atoms with Gasteiger partial charge in [-0.15, -0.1) is 0 Å². The van der Waals surface area contributed by atoms with Crippen molar-refractivity contribution in [3.63, 3.8) is 0 Å². The van der Waals surface area contributed by atoms with Gasteiger partial charge in [0.15, 0.2) is 0 Å². The Kier molecular flexibility index (Phi) is 10.9. The summed E-state index contributed by atoms with van der Waals surface area (Å²) in [6.45, 7) is 10.2. The first-order valence-electron chi connectivity index (χ1n) is 14.0. The van der Waals surface area contributed by atoms with Crippen molar-refractivity contribution in [1.82, 2.24) is 10.2 Å². The summed E-state index contributed by atoms with van der Waals surface area (Å²) < 4.78 is 23.0. The molecule has 1 aliphatic carbocycles. The quantitative estimate of drug-likeness (QED) is 0.446. The highest BCUT2D eigenvalue weighted by atomic mass is 16.6. The van der Waals surface area contributed by atoms with E-state index in [0.29, 0.717) is 13.1 Å². The number of hydrogen-bond acceptors (Lipinski definition) is 7. The number of alkyl carbamates (subject to hydrolysis) is 1. The van der Waals surface area contributed by atoms with Gasteiger partial charge in [-0.25, -0.2) is 14.4 Å². The Labute approximate surface area is 231 Å². The lowest BCUT2D eigenvalue weighted by Crippen LogP contribution is -2.44. The number of ether oxygens (including phenoxy) is 4. The molecule has 2 aliphatic rings. The zero-order chi connectivity index (χ0) is 28.6. The first-order valence-corrected chi connectivity index (χ1v) is 14.0. The van der Waals surface area contributed by atoms with Crippen molar-refractivity contribution >= 4 is 18.2 Å². The van der Waals surface area contributed by atoms with Crippen LogP contribution < -0.4 is 10.1 Å². The Morgan fingerprint density at radius 3 is 2.05 bits per heavy atom. The van der Waals surface area contributed by atoms with Crippen molar-refractivity contribution < 1.29 is 38.4 Å². The Hall–Kier alpha value is -3.01. The largest absolute Gasteiger partial charge is 0.490 e. The zero-order valence-electron chi connectivity index (χ0n) is 23.8. The molecule has 1 aliphatic heterocycles. The van der Waals surface area contributed by atoms with E-state index >= 15 is 0 Å². The van der Waals surface area contributed by atoms with Crippen molar-refractivity contribution in [2.75, 3.05) is 13.1 Å². The number of amides is 2. The summed E-state index contributed by atoms with van der Waals surface area (Å²) in [5.41, 5.74) is 0.0611. The van der Waals surface area contributed by atoms with Crippen LogP contribution in [0.3, 0.4) is 0 Å². The van der Waals surface area contributed by atoms with E-state index in [2.05, 4.69) is 5.32 Å². The Morgan fingerprint density at radius 2 is 1.51 bits per heavy atom. The minimum absolute atomic E-state index is 0.101. The third-order valence-corrected chi connectivity index (χ3v) is 6.70. The molecule has 1 heterocycles. The van der Waals surface area contributed by atoms with E-state index in [1.807, 2.05) is 38.1 Å². The first-order chi connectivity index (χ1) is 18.4. The van der Waals surface area contributed by atoms with Gasteiger partial charge in [0.2, 0.25) is 0 Å². The van der Waals surface area contributed by atoms with Gasteiger partial charge < -0.3 is 34.3 Å². The SMILES string of the molecule is CC(C)OC(=O)N1CCC(OC2CCC(Oc3ccc(C[C@H](NC(=O)OC(C)(C)C)C(=O)O)cc3)CC2)CC1. The predicted octanol–water partition coefficient (Wildman–Crippen LogP) is 4.92. The molecule has 0 spiro atoms. The van der Waals surface area contributed by atoms with Gasteiger partial charge in [0.25, 0.3) is 0 Å². The minimum atomic E-state index is -1.13. The van der Waals surface area contributed by atoms with Crippen molar-refractivity contribution in [3.05, 3.63) is 29.8 Å². The molecular weight excluding hydrogens is 504 g/mol. The van der Waals surface area contributed by atoms with Crippen LogP contribution in [0.5, 0.6) is 5.75 Å². The summed E-state index contributed by atoms with van der Waals surface area (Å²) in [6.07, 6.45) is 4.79. The number of hydrogen-bond donors (Lipinski definition) is 2. The smallest absolute Gasteiger partial charge is 0.410 e. The van der Waals surface area contributed by atoms with Gasteiger partial charge >= 0.3 is 18.2 Å². The number of rotatable bonds is 9. The molecule has 10 nitrogen and oxygen atoms in total. The molecule has 1 atom stereocenters. The number of aliphatic carboxylic acids is 1. The van der Waals surface area contributed by atoms with E-state index < -0.39 is 23.7 Å². The second kappa shape index (κ2) is 13.9. The molecular formula is C29H44N2O8. The number of nitrogens with zero attached hydrogens (tertiary/aromatic N) is 1. The van der Waals surface area contributed by atoms with Crippen molar-refractivity contribution in [3.8, 4) is 5.75 Å². The second-order valence-corrected chi connectivity index (χ2v) is 11.7. The summed E-state index contributed by atoms with van der Waals surface area (Å²) in [7, 11) is 0. The number of carboxylic acids is 1. The van der Waals surface area contributed by atoms with Crippen LogP contribution in [-0.4, -0.2) is 77.3 Å². The molecule has 1 aromatic rings. The maximum absolute atomic E-state index is 12.1. The summed E-state index contributed by atoms with van der Waals surface area (Å²) in [6, 6.07) is 6.22. The van der Waals surface area contributed by atoms with E-state index in [9.17, 15) is 19.5 Å². The van der Waals surface area contributed by atoms with E-state index in [0.717, 1.165) is 49.8 Å². The highest BCUT2D eigenvalue weighted by Gasteiger charge is 2.29. The molecule has 0 aromatic heterocycles.